The maximum Gasteiger partial charge on any atom is 0.309 e. The second-order valence-electron chi connectivity index (χ2n) is 11.1. The van der Waals surface area contributed by atoms with Crippen molar-refractivity contribution in [1.29, 1.82) is 5.26 Å². The first kappa shape index (κ1) is 29.2. The van der Waals surface area contributed by atoms with Crippen molar-refractivity contribution >= 4 is 35.1 Å². The van der Waals surface area contributed by atoms with Crippen molar-refractivity contribution in [1.82, 2.24) is 5.32 Å². The number of methoxy groups -OCH3 is 1. The van der Waals surface area contributed by atoms with Crippen molar-refractivity contribution < 1.29 is 29.0 Å². The molecule has 2 amide bonds. The van der Waals surface area contributed by atoms with E-state index < -0.39 is 17.3 Å². The van der Waals surface area contributed by atoms with E-state index in [0.29, 0.717) is 49.1 Å². The predicted octanol–water partition coefficient (Wildman–Crippen LogP) is 5.66. The van der Waals surface area contributed by atoms with Crippen LogP contribution in [0.15, 0.2) is 30.3 Å². The van der Waals surface area contributed by atoms with Crippen molar-refractivity contribution in [2.24, 2.45) is 17.3 Å². The van der Waals surface area contributed by atoms with Crippen LogP contribution >= 0.6 is 11.6 Å². The molecule has 0 aliphatic heterocycles. The van der Waals surface area contributed by atoms with Gasteiger partial charge in [0.05, 0.1) is 41.0 Å². The molecule has 0 bridgehead atoms. The van der Waals surface area contributed by atoms with E-state index in [1.165, 1.54) is 25.3 Å². The number of benzene rings is 2. The quantitative estimate of drug-likeness (QED) is 0.355. The molecule has 0 radical (unpaired) electrons. The Morgan fingerprint density at radius 2 is 1.80 bits per heavy atom. The smallest absolute Gasteiger partial charge is 0.309 e. The van der Waals surface area contributed by atoms with Crippen LogP contribution in [0.1, 0.15) is 78.7 Å². The number of carbonyl (C=O) groups is 3. The summed E-state index contributed by atoms with van der Waals surface area (Å²) in [6, 6.07) is 9.61. The molecule has 2 aromatic rings. The third-order valence-corrected chi connectivity index (χ3v) is 8.25. The molecule has 3 N–H and O–H groups in total. The molecule has 4 rings (SSSR count). The zero-order chi connectivity index (χ0) is 29.0. The minimum absolute atomic E-state index is 0.109. The molecule has 212 valence electrons. The monoisotopic (exact) mass is 567 g/mol. The molecule has 0 unspecified atom stereocenters. The number of nitriles is 1. The highest BCUT2D eigenvalue weighted by Gasteiger charge is 2.38. The molecule has 2 aliphatic carbocycles. The zero-order valence-electron chi connectivity index (χ0n) is 22.9. The minimum Gasteiger partial charge on any atom is -0.496 e. The third kappa shape index (κ3) is 6.50. The number of carbonyl (C=O) groups excluding carboxylic acids is 2. The van der Waals surface area contributed by atoms with Gasteiger partial charge in [0.2, 0.25) is 0 Å². The largest absolute Gasteiger partial charge is 0.496 e. The van der Waals surface area contributed by atoms with Gasteiger partial charge in [0, 0.05) is 17.6 Å². The lowest BCUT2D eigenvalue weighted by molar-refractivity contribution is -0.150. The highest BCUT2D eigenvalue weighted by molar-refractivity contribution is 6.31. The highest BCUT2D eigenvalue weighted by atomic mass is 35.5. The maximum absolute atomic E-state index is 13.5. The average Bonchev–Trinajstić information content (AvgIpc) is 2.91. The van der Waals surface area contributed by atoms with Gasteiger partial charge in [-0.3, -0.25) is 14.4 Å². The molecule has 2 fully saturated rings. The van der Waals surface area contributed by atoms with E-state index in [1.807, 2.05) is 0 Å². The summed E-state index contributed by atoms with van der Waals surface area (Å²) in [7, 11) is 1.39. The molecule has 2 aliphatic rings. The molecular formula is C30H34ClN3O6. The number of hydrogen-bond acceptors (Lipinski definition) is 6. The van der Waals surface area contributed by atoms with Gasteiger partial charge in [0.1, 0.15) is 17.6 Å². The van der Waals surface area contributed by atoms with Gasteiger partial charge in [-0.1, -0.05) is 18.5 Å². The Labute approximate surface area is 238 Å². The summed E-state index contributed by atoms with van der Waals surface area (Å²) in [5.74, 6) is -0.227. The van der Waals surface area contributed by atoms with Gasteiger partial charge in [-0.2, -0.15) is 5.26 Å². The molecule has 10 heteroatoms. The van der Waals surface area contributed by atoms with Crippen molar-refractivity contribution in [3.8, 4) is 17.6 Å². The number of carboxylic acids is 1. The first-order valence-corrected chi connectivity index (χ1v) is 13.8. The molecule has 40 heavy (non-hydrogen) atoms. The van der Waals surface area contributed by atoms with Crippen LogP contribution in [0, 0.1) is 28.6 Å². The van der Waals surface area contributed by atoms with Gasteiger partial charge in [0.15, 0.2) is 0 Å². The minimum atomic E-state index is -0.834. The predicted molar refractivity (Wildman–Crippen MR) is 150 cm³/mol. The fraction of sp³-hybridized carbons (Fsp3) is 0.467. The van der Waals surface area contributed by atoms with Gasteiger partial charge in [-0.15, -0.1) is 0 Å². The number of hydrogen-bond donors (Lipinski definition) is 3. The van der Waals surface area contributed by atoms with Crippen LogP contribution in [0.5, 0.6) is 11.5 Å². The molecule has 0 spiro atoms. The maximum atomic E-state index is 13.5. The summed E-state index contributed by atoms with van der Waals surface area (Å²) in [6.07, 6.45) is 3.74. The van der Waals surface area contributed by atoms with Crippen LogP contribution in [-0.4, -0.2) is 42.6 Å². The Bertz CT molecular complexity index is 1340. The standard InChI is InChI=1S/C30H34ClN3O6/c1-17-10-18(11-17)16-33-27(35)22-5-4-20(31)13-24(22)34-28(36)23-14-25(19(15-32)12-26(23)39-3)40-21-6-8-30(2,9-7-21)29(37)38/h4-5,12-14,17-18,21H,6-11,16H2,1-3H3,(H,33,35)(H,34,36)(H,37,38)/t17-,18+,21-,30+. The van der Waals surface area contributed by atoms with Crippen LogP contribution in [0.4, 0.5) is 5.69 Å². The summed E-state index contributed by atoms with van der Waals surface area (Å²) < 4.78 is 11.5. The Balaban J connectivity index is 1.53. The average molecular weight is 568 g/mol. The number of nitrogens with zero attached hydrogens (tertiary/aromatic N) is 1. The van der Waals surface area contributed by atoms with Gasteiger partial charge >= 0.3 is 5.97 Å². The molecule has 0 heterocycles. The SMILES string of the molecule is COc1cc(C#N)c(O[C@H]2CC[C@@](C)(C(=O)O)CC2)cc1C(=O)Nc1cc(Cl)ccc1C(=O)NC[C@H]1C[C@@H](C)C1. The number of amides is 2. The fourth-order valence-corrected chi connectivity index (χ4v) is 5.58. The zero-order valence-corrected chi connectivity index (χ0v) is 23.6. The van der Waals surface area contributed by atoms with E-state index in [2.05, 4.69) is 23.6 Å². The molecular weight excluding hydrogens is 534 g/mol. The number of halogens is 1. The molecule has 0 saturated heterocycles. The summed E-state index contributed by atoms with van der Waals surface area (Å²) >= 11 is 6.20. The topological polar surface area (TPSA) is 138 Å². The van der Waals surface area contributed by atoms with E-state index in [-0.39, 0.29) is 45.9 Å². The van der Waals surface area contributed by atoms with Crippen molar-refractivity contribution in [2.45, 2.75) is 58.5 Å². The second kappa shape index (κ2) is 12.2. The second-order valence-corrected chi connectivity index (χ2v) is 11.6. The normalized spacial score (nSPS) is 23.7. The first-order chi connectivity index (χ1) is 19.0. The number of ether oxygens (including phenoxy) is 2. The third-order valence-electron chi connectivity index (χ3n) is 8.01. The summed E-state index contributed by atoms with van der Waals surface area (Å²) in [6.45, 7) is 4.47. The van der Waals surface area contributed by atoms with Crippen LogP contribution in [0.3, 0.4) is 0 Å². The molecule has 2 aromatic carbocycles. The summed E-state index contributed by atoms with van der Waals surface area (Å²) in [5.41, 5.74) is 0.00899. The van der Waals surface area contributed by atoms with Gasteiger partial charge in [-0.25, -0.2) is 0 Å². The van der Waals surface area contributed by atoms with E-state index in [1.54, 1.807) is 19.1 Å². The van der Waals surface area contributed by atoms with E-state index in [9.17, 15) is 24.8 Å². The number of rotatable bonds is 9. The van der Waals surface area contributed by atoms with Gasteiger partial charge in [0.25, 0.3) is 11.8 Å². The highest BCUT2D eigenvalue weighted by Crippen LogP contribution is 2.39. The Morgan fingerprint density at radius 3 is 2.40 bits per heavy atom. The van der Waals surface area contributed by atoms with Gasteiger partial charge < -0.3 is 25.2 Å². The lowest BCUT2D eigenvalue weighted by atomic mass is 9.75. The molecule has 2 saturated carbocycles. The number of carboxylic acid groups (broad SMARTS) is 1. The van der Waals surface area contributed by atoms with E-state index >= 15 is 0 Å². The van der Waals surface area contributed by atoms with Gasteiger partial charge in [-0.05, 0) is 81.5 Å². The number of nitrogens with one attached hydrogen (secondary N) is 2. The first-order valence-electron chi connectivity index (χ1n) is 13.4. The van der Waals surface area contributed by atoms with Crippen LogP contribution in [-0.2, 0) is 4.79 Å². The van der Waals surface area contributed by atoms with Crippen molar-refractivity contribution in [2.75, 3.05) is 19.0 Å². The Morgan fingerprint density at radius 1 is 1.10 bits per heavy atom. The molecule has 0 atom stereocenters. The van der Waals surface area contributed by atoms with Crippen LogP contribution in [0.2, 0.25) is 5.02 Å². The van der Waals surface area contributed by atoms with Crippen molar-refractivity contribution in [3.05, 3.63) is 52.0 Å². The Kier molecular flexibility index (Phi) is 8.89. The Hall–Kier alpha value is -3.77. The molecule has 9 nitrogen and oxygen atoms in total. The van der Waals surface area contributed by atoms with E-state index in [4.69, 9.17) is 21.1 Å². The fourth-order valence-electron chi connectivity index (χ4n) is 5.41. The van der Waals surface area contributed by atoms with Crippen LogP contribution < -0.4 is 20.1 Å². The lowest BCUT2D eigenvalue weighted by Crippen LogP contribution is -2.36. The van der Waals surface area contributed by atoms with Crippen LogP contribution in [0.25, 0.3) is 0 Å². The summed E-state index contributed by atoms with van der Waals surface area (Å²) in [5, 5.41) is 25.3. The lowest BCUT2D eigenvalue weighted by Gasteiger charge is -2.34. The molecule has 0 aromatic heterocycles. The summed E-state index contributed by atoms with van der Waals surface area (Å²) in [4.78, 5) is 38.0. The van der Waals surface area contributed by atoms with E-state index in [0.717, 1.165) is 12.8 Å². The van der Waals surface area contributed by atoms with Crippen molar-refractivity contribution in [3.63, 3.8) is 0 Å². The number of anilines is 1. The number of aliphatic carboxylic acids is 1.